The second-order valence-corrected chi connectivity index (χ2v) is 5.18. The Morgan fingerprint density at radius 1 is 1.40 bits per heavy atom. The Morgan fingerprint density at radius 3 is 2.60 bits per heavy atom. The normalized spacial score (nSPS) is 16.1. The zero-order chi connectivity index (χ0) is 11.2. The van der Waals surface area contributed by atoms with E-state index in [9.17, 15) is 8.78 Å². The molecule has 2 nitrogen and oxygen atoms in total. The Morgan fingerprint density at radius 2 is 2.07 bits per heavy atom. The van der Waals surface area contributed by atoms with E-state index < -0.39 is 5.92 Å². The van der Waals surface area contributed by atoms with Gasteiger partial charge < -0.3 is 0 Å². The van der Waals surface area contributed by atoms with Crippen LogP contribution in [0.4, 0.5) is 8.78 Å². The summed E-state index contributed by atoms with van der Waals surface area (Å²) in [6.07, 6.45) is 0. The molecule has 84 valence electrons. The van der Waals surface area contributed by atoms with Crippen LogP contribution in [0, 0.1) is 0 Å². The molecule has 1 aliphatic rings. The van der Waals surface area contributed by atoms with Crippen molar-refractivity contribution in [2.75, 3.05) is 0 Å². The van der Waals surface area contributed by atoms with Gasteiger partial charge in [-0.15, -0.1) is 0 Å². The third-order valence-electron chi connectivity index (χ3n) is 2.51. The fourth-order valence-electron chi connectivity index (χ4n) is 1.84. The molecule has 0 saturated heterocycles. The number of hydrogen-bond donors (Lipinski definition) is 0. The molecular formula is C10H14F2N2S. The van der Waals surface area contributed by atoms with Crippen molar-refractivity contribution < 1.29 is 8.78 Å². The lowest BCUT2D eigenvalue weighted by Gasteiger charge is -2.10. The van der Waals surface area contributed by atoms with Gasteiger partial charge in [0.25, 0.3) is 5.92 Å². The van der Waals surface area contributed by atoms with Crippen molar-refractivity contribution >= 4 is 11.8 Å². The molecule has 0 spiro atoms. The van der Waals surface area contributed by atoms with Crippen LogP contribution in [0.25, 0.3) is 0 Å². The number of fused-ring (bicyclic) bond motifs is 1. The van der Waals surface area contributed by atoms with E-state index in [1.165, 1.54) is 0 Å². The number of hydrogen-bond acceptors (Lipinski definition) is 2. The van der Waals surface area contributed by atoms with E-state index in [-0.39, 0.29) is 11.7 Å². The number of halogens is 2. The molecule has 0 fully saturated rings. The Labute approximate surface area is 92.0 Å². The lowest BCUT2D eigenvalue weighted by atomic mass is 10.1. The minimum absolute atomic E-state index is 0.0313. The van der Waals surface area contributed by atoms with Gasteiger partial charge in [0, 0.05) is 30.0 Å². The third kappa shape index (κ3) is 1.77. The molecule has 1 aliphatic heterocycles. The maximum Gasteiger partial charge on any atom is 0.289 e. The van der Waals surface area contributed by atoms with Crippen LogP contribution in [0.15, 0.2) is 0 Å². The molecule has 2 rings (SSSR count). The Kier molecular flexibility index (Phi) is 2.53. The van der Waals surface area contributed by atoms with Crippen LogP contribution < -0.4 is 0 Å². The molecule has 0 unspecified atom stereocenters. The second-order valence-electron chi connectivity index (χ2n) is 4.19. The summed E-state index contributed by atoms with van der Waals surface area (Å²) >= 11 is 1.68. The predicted molar refractivity (Wildman–Crippen MR) is 57.2 cm³/mol. The number of rotatable bonds is 2. The quantitative estimate of drug-likeness (QED) is 0.778. The van der Waals surface area contributed by atoms with Gasteiger partial charge in [-0.3, -0.25) is 4.68 Å². The van der Waals surface area contributed by atoms with Crippen LogP contribution in [0.2, 0.25) is 0 Å². The Balaban J connectivity index is 2.54. The highest BCUT2D eigenvalue weighted by atomic mass is 32.2. The molecule has 5 heteroatoms. The average Bonchev–Trinajstić information content (AvgIpc) is 2.57. The van der Waals surface area contributed by atoms with Crippen molar-refractivity contribution in [2.45, 2.75) is 44.2 Å². The first-order valence-electron chi connectivity index (χ1n) is 4.97. The van der Waals surface area contributed by atoms with E-state index in [1.54, 1.807) is 16.4 Å². The molecule has 0 aliphatic carbocycles. The fraction of sp³-hybridized carbons (Fsp3) is 0.700. The summed E-state index contributed by atoms with van der Waals surface area (Å²) in [6, 6.07) is 0.147. The summed E-state index contributed by atoms with van der Waals surface area (Å²) in [5, 5.41) is 4.06. The van der Waals surface area contributed by atoms with Gasteiger partial charge >= 0.3 is 0 Å². The monoisotopic (exact) mass is 232 g/mol. The SMILES string of the molecule is CC(C)n1nc(C(C)(F)F)c2c1CSC2. The molecular weight excluding hydrogens is 218 g/mol. The van der Waals surface area contributed by atoms with Gasteiger partial charge in [-0.2, -0.15) is 25.6 Å². The number of thioether (sulfide) groups is 1. The van der Waals surface area contributed by atoms with Gasteiger partial charge in [-0.1, -0.05) is 0 Å². The van der Waals surface area contributed by atoms with Crippen LogP contribution in [0.5, 0.6) is 0 Å². The topological polar surface area (TPSA) is 17.8 Å². The summed E-state index contributed by atoms with van der Waals surface area (Å²) in [5.74, 6) is -1.35. The van der Waals surface area contributed by atoms with Crippen LogP contribution in [-0.4, -0.2) is 9.78 Å². The lowest BCUT2D eigenvalue weighted by molar-refractivity contribution is 0.0113. The molecule has 0 N–H and O–H groups in total. The van der Waals surface area contributed by atoms with Crippen LogP contribution >= 0.6 is 11.8 Å². The largest absolute Gasteiger partial charge is 0.289 e. The number of nitrogens with zero attached hydrogens (tertiary/aromatic N) is 2. The minimum atomic E-state index is -2.82. The van der Waals surface area contributed by atoms with Crippen LogP contribution in [-0.2, 0) is 17.4 Å². The molecule has 2 heterocycles. The molecule has 0 amide bonds. The van der Waals surface area contributed by atoms with E-state index in [0.717, 1.165) is 23.9 Å². The molecule has 1 aromatic rings. The first-order valence-corrected chi connectivity index (χ1v) is 6.13. The first kappa shape index (κ1) is 10.9. The van der Waals surface area contributed by atoms with E-state index >= 15 is 0 Å². The molecule has 0 radical (unpaired) electrons. The van der Waals surface area contributed by atoms with Gasteiger partial charge in [0.15, 0.2) is 0 Å². The summed E-state index contributed by atoms with van der Waals surface area (Å²) in [4.78, 5) is 0. The second kappa shape index (κ2) is 3.47. The number of alkyl halides is 2. The molecule has 0 bridgehead atoms. The van der Waals surface area contributed by atoms with Gasteiger partial charge in [0.2, 0.25) is 0 Å². The van der Waals surface area contributed by atoms with E-state index in [1.807, 2.05) is 13.8 Å². The highest BCUT2D eigenvalue weighted by molar-refractivity contribution is 7.98. The summed E-state index contributed by atoms with van der Waals surface area (Å²) in [6.45, 7) is 4.85. The van der Waals surface area contributed by atoms with Crippen molar-refractivity contribution in [1.29, 1.82) is 0 Å². The molecule has 0 saturated carbocycles. The Bertz CT molecular complexity index is 380. The summed E-state index contributed by atoms with van der Waals surface area (Å²) in [7, 11) is 0. The van der Waals surface area contributed by atoms with E-state index in [0.29, 0.717) is 5.75 Å². The van der Waals surface area contributed by atoms with Crippen molar-refractivity contribution in [3.8, 4) is 0 Å². The molecule has 15 heavy (non-hydrogen) atoms. The standard InChI is InChI=1S/C10H14F2N2S/c1-6(2)14-8-5-15-4-7(8)9(13-14)10(3,11)12/h6H,4-5H2,1-3H3. The summed E-state index contributed by atoms with van der Waals surface area (Å²) < 4.78 is 28.3. The minimum Gasteiger partial charge on any atom is -0.265 e. The van der Waals surface area contributed by atoms with E-state index in [2.05, 4.69) is 5.10 Å². The third-order valence-corrected chi connectivity index (χ3v) is 3.48. The maximum absolute atomic E-state index is 13.3. The lowest BCUT2D eigenvalue weighted by Crippen LogP contribution is -2.12. The zero-order valence-electron chi connectivity index (χ0n) is 9.05. The van der Waals surface area contributed by atoms with Crippen molar-refractivity contribution in [3.63, 3.8) is 0 Å². The van der Waals surface area contributed by atoms with Crippen molar-refractivity contribution in [3.05, 3.63) is 17.0 Å². The van der Waals surface area contributed by atoms with Crippen molar-refractivity contribution in [1.82, 2.24) is 9.78 Å². The van der Waals surface area contributed by atoms with Gasteiger partial charge in [-0.25, -0.2) is 0 Å². The van der Waals surface area contributed by atoms with Crippen LogP contribution in [0.3, 0.4) is 0 Å². The van der Waals surface area contributed by atoms with E-state index in [4.69, 9.17) is 0 Å². The summed E-state index contributed by atoms with van der Waals surface area (Å²) in [5.41, 5.74) is 1.70. The molecule has 0 aromatic carbocycles. The molecule has 1 aromatic heterocycles. The first-order chi connectivity index (χ1) is 6.91. The maximum atomic E-state index is 13.3. The smallest absolute Gasteiger partial charge is 0.265 e. The zero-order valence-corrected chi connectivity index (χ0v) is 9.87. The van der Waals surface area contributed by atoms with Crippen LogP contribution in [0.1, 0.15) is 43.8 Å². The fourth-order valence-corrected chi connectivity index (χ4v) is 2.95. The van der Waals surface area contributed by atoms with Gasteiger partial charge in [0.1, 0.15) is 5.69 Å². The average molecular weight is 232 g/mol. The highest BCUT2D eigenvalue weighted by Crippen LogP contribution is 2.39. The van der Waals surface area contributed by atoms with Gasteiger partial charge in [0.05, 0.1) is 5.69 Å². The predicted octanol–water partition coefficient (Wildman–Crippen LogP) is 3.32. The number of aromatic nitrogens is 2. The Hall–Kier alpha value is -0.580. The molecule has 0 atom stereocenters. The van der Waals surface area contributed by atoms with Gasteiger partial charge in [-0.05, 0) is 13.8 Å². The van der Waals surface area contributed by atoms with Crippen molar-refractivity contribution in [2.24, 2.45) is 0 Å². The highest BCUT2D eigenvalue weighted by Gasteiger charge is 2.36.